The molecule has 1 aromatic rings. The lowest BCUT2D eigenvalue weighted by Crippen LogP contribution is -2.29. The lowest BCUT2D eigenvalue weighted by molar-refractivity contribution is 0.531. The third-order valence-corrected chi connectivity index (χ3v) is 3.58. The number of rotatable bonds is 8. The van der Waals surface area contributed by atoms with Crippen molar-refractivity contribution < 1.29 is 4.39 Å². The van der Waals surface area contributed by atoms with Crippen LogP contribution in [0.3, 0.4) is 0 Å². The summed E-state index contributed by atoms with van der Waals surface area (Å²) in [5, 5.41) is 3.27. The Morgan fingerprint density at radius 3 is 2.90 bits per heavy atom. The number of hydrogen-bond donors (Lipinski definition) is 1. The highest BCUT2D eigenvalue weighted by Crippen LogP contribution is 2.31. The zero-order valence-electron chi connectivity index (χ0n) is 12.9. The maximum absolute atomic E-state index is 14.6. The van der Waals surface area contributed by atoms with Crippen molar-refractivity contribution in [2.75, 3.05) is 24.5 Å². The average Bonchev–Trinajstić information content (AvgIpc) is 3.24. The van der Waals surface area contributed by atoms with E-state index >= 15 is 0 Å². The van der Waals surface area contributed by atoms with Crippen LogP contribution < -0.4 is 10.2 Å². The van der Waals surface area contributed by atoms with E-state index in [-0.39, 0.29) is 5.82 Å². The van der Waals surface area contributed by atoms with Crippen molar-refractivity contribution >= 4 is 5.82 Å². The minimum atomic E-state index is -0.246. The highest BCUT2D eigenvalue weighted by Gasteiger charge is 2.26. The first kappa shape index (κ1) is 15.8. The van der Waals surface area contributed by atoms with Crippen LogP contribution in [-0.2, 0) is 6.54 Å². The summed E-state index contributed by atoms with van der Waals surface area (Å²) in [4.78, 5) is 6.10. The van der Waals surface area contributed by atoms with Crippen LogP contribution in [0.5, 0.6) is 0 Å². The molecule has 0 spiro atoms. The Morgan fingerprint density at radius 1 is 1.52 bits per heavy atom. The molecule has 0 atom stereocenters. The van der Waals surface area contributed by atoms with Crippen LogP contribution in [0.25, 0.3) is 0 Å². The number of anilines is 1. The predicted molar refractivity (Wildman–Crippen MR) is 84.5 cm³/mol. The van der Waals surface area contributed by atoms with E-state index in [0.717, 1.165) is 13.1 Å². The van der Waals surface area contributed by atoms with Crippen molar-refractivity contribution in [1.82, 2.24) is 10.3 Å². The molecule has 1 heterocycles. The van der Waals surface area contributed by atoms with E-state index in [2.05, 4.69) is 30.1 Å². The summed E-state index contributed by atoms with van der Waals surface area (Å²) in [7, 11) is 0. The molecule has 2 rings (SSSR count). The van der Waals surface area contributed by atoms with Gasteiger partial charge < -0.3 is 10.2 Å². The molecule has 21 heavy (non-hydrogen) atoms. The molecule has 1 saturated carbocycles. The standard InChI is InChI=1S/C17H24FN3/c1-4-9-21(12-14-5-6-14)17-16(18)15(7-8-20-17)11-19-10-13(2)3/h1,7-8,13-14,19H,5-6,9-12H2,2-3H3. The highest BCUT2D eigenvalue weighted by atomic mass is 19.1. The predicted octanol–water partition coefficient (Wildman–Crippen LogP) is 2.82. The van der Waals surface area contributed by atoms with E-state index in [9.17, 15) is 4.39 Å². The van der Waals surface area contributed by atoms with E-state index in [1.165, 1.54) is 12.8 Å². The number of halogens is 1. The normalized spacial score (nSPS) is 14.2. The summed E-state index contributed by atoms with van der Waals surface area (Å²) in [5.74, 6) is 3.94. The molecule has 0 bridgehead atoms. The molecular weight excluding hydrogens is 265 g/mol. The average molecular weight is 289 g/mol. The van der Waals surface area contributed by atoms with Gasteiger partial charge >= 0.3 is 0 Å². The van der Waals surface area contributed by atoms with Crippen LogP contribution in [0.15, 0.2) is 12.3 Å². The minimum absolute atomic E-state index is 0.246. The maximum Gasteiger partial charge on any atom is 0.170 e. The van der Waals surface area contributed by atoms with E-state index in [1.54, 1.807) is 12.3 Å². The van der Waals surface area contributed by atoms with Crippen molar-refractivity contribution in [3.05, 3.63) is 23.6 Å². The Hall–Kier alpha value is -1.60. The van der Waals surface area contributed by atoms with Crippen molar-refractivity contribution in [3.8, 4) is 12.3 Å². The third-order valence-electron chi connectivity index (χ3n) is 3.58. The maximum atomic E-state index is 14.6. The summed E-state index contributed by atoms with van der Waals surface area (Å²) < 4.78 is 14.6. The van der Waals surface area contributed by atoms with Gasteiger partial charge in [0.15, 0.2) is 11.6 Å². The summed E-state index contributed by atoms with van der Waals surface area (Å²) in [5.41, 5.74) is 0.651. The van der Waals surface area contributed by atoms with Gasteiger partial charge in [-0.3, -0.25) is 0 Å². The number of pyridine rings is 1. The monoisotopic (exact) mass is 289 g/mol. The van der Waals surface area contributed by atoms with Gasteiger partial charge in [-0.25, -0.2) is 9.37 Å². The fourth-order valence-corrected chi connectivity index (χ4v) is 2.27. The SMILES string of the molecule is C#CCN(CC1CC1)c1nccc(CNCC(C)C)c1F. The van der Waals surface area contributed by atoms with Gasteiger partial charge in [0.2, 0.25) is 0 Å². The Kier molecular flexibility index (Phi) is 5.58. The summed E-state index contributed by atoms with van der Waals surface area (Å²) in [6, 6.07) is 1.73. The van der Waals surface area contributed by atoms with E-state index < -0.39 is 0 Å². The first-order valence-corrected chi connectivity index (χ1v) is 7.64. The zero-order chi connectivity index (χ0) is 15.2. The topological polar surface area (TPSA) is 28.2 Å². The third kappa shape index (κ3) is 4.71. The van der Waals surface area contributed by atoms with Gasteiger partial charge in [-0.1, -0.05) is 19.8 Å². The minimum Gasteiger partial charge on any atom is -0.343 e. The molecule has 1 fully saturated rings. The zero-order valence-corrected chi connectivity index (χ0v) is 12.9. The molecule has 0 saturated heterocycles. The van der Waals surface area contributed by atoms with E-state index in [4.69, 9.17) is 6.42 Å². The molecule has 1 N–H and O–H groups in total. The lowest BCUT2D eigenvalue weighted by Gasteiger charge is -2.22. The molecule has 3 nitrogen and oxygen atoms in total. The molecule has 0 aliphatic heterocycles. The van der Waals surface area contributed by atoms with E-state index in [1.807, 2.05) is 4.90 Å². The van der Waals surface area contributed by atoms with Crippen LogP contribution in [0.4, 0.5) is 10.2 Å². The molecule has 1 aliphatic rings. The van der Waals surface area contributed by atoms with Gasteiger partial charge in [-0.2, -0.15) is 0 Å². The second-order valence-electron chi connectivity index (χ2n) is 6.16. The van der Waals surface area contributed by atoms with E-state index in [0.29, 0.717) is 36.3 Å². The molecular formula is C17H24FN3. The van der Waals surface area contributed by atoms with Crippen LogP contribution in [0.2, 0.25) is 0 Å². The highest BCUT2D eigenvalue weighted by molar-refractivity contribution is 5.44. The van der Waals surface area contributed by atoms with Gasteiger partial charge in [0.25, 0.3) is 0 Å². The molecule has 1 aliphatic carbocycles. The van der Waals surface area contributed by atoms with Crippen LogP contribution in [0, 0.1) is 30.0 Å². The molecule has 114 valence electrons. The van der Waals surface area contributed by atoms with Crippen molar-refractivity contribution in [2.24, 2.45) is 11.8 Å². The van der Waals surface area contributed by atoms with Crippen molar-refractivity contribution in [2.45, 2.75) is 33.2 Å². The Balaban J connectivity index is 2.08. The fraction of sp³-hybridized carbons (Fsp3) is 0.588. The second kappa shape index (κ2) is 7.42. The van der Waals surface area contributed by atoms with Gasteiger partial charge in [0.1, 0.15) is 0 Å². The summed E-state index contributed by atoms with van der Waals surface area (Å²) in [6.07, 6.45) is 9.49. The smallest absolute Gasteiger partial charge is 0.170 e. The number of nitrogens with one attached hydrogen (secondary N) is 1. The van der Waals surface area contributed by atoms with Crippen molar-refractivity contribution in [3.63, 3.8) is 0 Å². The second-order valence-corrected chi connectivity index (χ2v) is 6.16. The Morgan fingerprint density at radius 2 is 2.29 bits per heavy atom. The molecule has 0 aromatic carbocycles. The molecule has 4 heteroatoms. The number of hydrogen-bond acceptors (Lipinski definition) is 3. The Labute approximate surface area is 126 Å². The lowest BCUT2D eigenvalue weighted by atomic mass is 10.2. The molecule has 0 unspecified atom stereocenters. The van der Waals surface area contributed by atoms with Gasteiger partial charge in [0, 0.05) is 24.8 Å². The van der Waals surface area contributed by atoms with Gasteiger partial charge in [-0.05, 0) is 37.3 Å². The van der Waals surface area contributed by atoms with Crippen LogP contribution >= 0.6 is 0 Å². The summed E-state index contributed by atoms with van der Waals surface area (Å²) in [6.45, 7) is 6.86. The molecule has 0 radical (unpaired) electrons. The van der Waals surface area contributed by atoms with Crippen LogP contribution in [0.1, 0.15) is 32.3 Å². The molecule has 0 amide bonds. The first-order valence-electron chi connectivity index (χ1n) is 7.64. The largest absolute Gasteiger partial charge is 0.343 e. The Bertz CT molecular complexity index is 503. The van der Waals surface area contributed by atoms with Gasteiger partial charge in [-0.15, -0.1) is 6.42 Å². The van der Waals surface area contributed by atoms with Crippen molar-refractivity contribution in [1.29, 1.82) is 0 Å². The van der Waals surface area contributed by atoms with Gasteiger partial charge in [0.05, 0.1) is 6.54 Å². The number of terminal acetylenes is 1. The number of nitrogens with zero attached hydrogens (tertiary/aromatic N) is 2. The summed E-state index contributed by atoms with van der Waals surface area (Å²) >= 11 is 0. The molecule has 1 aromatic heterocycles. The van der Waals surface area contributed by atoms with Crippen LogP contribution in [-0.4, -0.2) is 24.6 Å². The fourth-order valence-electron chi connectivity index (χ4n) is 2.27. The quantitative estimate of drug-likeness (QED) is 0.746. The number of aromatic nitrogens is 1. The first-order chi connectivity index (χ1) is 10.1.